The van der Waals surface area contributed by atoms with Crippen LogP contribution in [0.5, 0.6) is 0 Å². The van der Waals surface area contributed by atoms with Crippen LogP contribution in [0.1, 0.15) is 43.4 Å². The summed E-state index contributed by atoms with van der Waals surface area (Å²) < 4.78 is 2.41. The highest BCUT2D eigenvalue weighted by molar-refractivity contribution is 5.10. The van der Waals surface area contributed by atoms with Gasteiger partial charge in [-0.15, -0.1) is 10.2 Å². The van der Waals surface area contributed by atoms with Crippen molar-refractivity contribution in [3.63, 3.8) is 0 Å². The van der Waals surface area contributed by atoms with Gasteiger partial charge < -0.3 is 9.47 Å². The minimum Gasteiger partial charge on any atom is -0.313 e. The quantitative estimate of drug-likeness (QED) is 0.824. The fourth-order valence-corrected chi connectivity index (χ4v) is 4.32. The molecule has 0 bridgehead atoms. The molecule has 4 rings (SSSR count). The molecule has 1 fully saturated rings. The molecule has 0 aromatic carbocycles. The van der Waals surface area contributed by atoms with Gasteiger partial charge in [0, 0.05) is 64.0 Å². The number of nitrogens with zero attached hydrogens (tertiary/aromatic N) is 6. The molecule has 2 aromatic rings. The van der Waals surface area contributed by atoms with Crippen molar-refractivity contribution in [2.75, 3.05) is 32.7 Å². The highest BCUT2D eigenvalue weighted by atomic mass is 15.3. The summed E-state index contributed by atoms with van der Waals surface area (Å²) in [4.78, 5) is 9.33. The van der Waals surface area contributed by atoms with Crippen molar-refractivity contribution < 1.29 is 0 Å². The Morgan fingerprint density at radius 1 is 1.12 bits per heavy atom. The Morgan fingerprint density at radius 2 is 2.04 bits per heavy atom. The van der Waals surface area contributed by atoms with Crippen LogP contribution >= 0.6 is 0 Å². The third kappa shape index (κ3) is 3.96. The van der Waals surface area contributed by atoms with E-state index in [-0.39, 0.29) is 0 Å². The molecule has 2 aliphatic rings. The number of likely N-dealkylation sites (tertiary alicyclic amines) is 1. The van der Waals surface area contributed by atoms with Crippen LogP contribution < -0.4 is 0 Å². The first kappa shape index (κ1) is 17.6. The van der Waals surface area contributed by atoms with Crippen LogP contribution in [-0.4, -0.2) is 62.3 Å². The summed E-state index contributed by atoms with van der Waals surface area (Å²) >= 11 is 0. The topological polar surface area (TPSA) is 50.1 Å². The maximum atomic E-state index is 4.60. The van der Waals surface area contributed by atoms with Crippen LogP contribution in [0.3, 0.4) is 0 Å². The van der Waals surface area contributed by atoms with Crippen LogP contribution in [0.15, 0.2) is 24.5 Å². The molecule has 1 saturated heterocycles. The number of fused-ring (bicyclic) bond motifs is 1. The van der Waals surface area contributed by atoms with E-state index in [0.717, 1.165) is 50.9 Å². The lowest BCUT2D eigenvalue weighted by Gasteiger charge is -2.20. The van der Waals surface area contributed by atoms with Gasteiger partial charge in [-0.1, -0.05) is 19.9 Å². The van der Waals surface area contributed by atoms with Gasteiger partial charge in [-0.2, -0.15) is 0 Å². The predicted molar refractivity (Wildman–Crippen MR) is 102 cm³/mol. The number of hydrogen-bond acceptors (Lipinski definition) is 5. The Morgan fingerprint density at radius 3 is 2.85 bits per heavy atom. The zero-order chi connectivity index (χ0) is 17.9. The molecule has 1 unspecified atom stereocenters. The first-order chi connectivity index (χ1) is 12.7. The Kier molecular flexibility index (Phi) is 5.31. The van der Waals surface area contributed by atoms with E-state index in [1.165, 1.54) is 30.9 Å². The summed E-state index contributed by atoms with van der Waals surface area (Å²) in [5.74, 6) is 3.65. The Hall–Kier alpha value is -1.79. The van der Waals surface area contributed by atoms with Crippen LogP contribution in [0, 0.1) is 5.92 Å². The second kappa shape index (κ2) is 7.84. The van der Waals surface area contributed by atoms with Crippen molar-refractivity contribution >= 4 is 0 Å². The second-order valence-corrected chi connectivity index (χ2v) is 8.15. The van der Waals surface area contributed by atoms with Gasteiger partial charge in [-0.05, 0) is 30.5 Å². The molecule has 2 aliphatic heterocycles. The summed E-state index contributed by atoms with van der Waals surface area (Å²) in [5, 5.41) is 9.15. The second-order valence-electron chi connectivity index (χ2n) is 8.15. The maximum Gasteiger partial charge on any atom is 0.137 e. The van der Waals surface area contributed by atoms with E-state index in [4.69, 9.17) is 0 Å². The molecule has 2 aromatic heterocycles. The average Bonchev–Trinajstić information content (AvgIpc) is 3.19. The zero-order valence-corrected chi connectivity index (χ0v) is 16.0. The molecule has 140 valence electrons. The van der Waals surface area contributed by atoms with Gasteiger partial charge in [0.2, 0.25) is 0 Å². The molecule has 0 saturated carbocycles. The monoisotopic (exact) mass is 354 g/mol. The van der Waals surface area contributed by atoms with Crippen LogP contribution in [-0.2, 0) is 19.5 Å². The van der Waals surface area contributed by atoms with Crippen LogP contribution in [0.4, 0.5) is 0 Å². The molecule has 0 spiro atoms. The lowest BCUT2D eigenvalue weighted by atomic mass is 10.1. The third-order valence-corrected chi connectivity index (χ3v) is 5.54. The summed E-state index contributed by atoms with van der Waals surface area (Å²) in [6, 6.07) is 4.18. The molecule has 6 nitrogen and oxygen atoms in total. The Balaban J connectivity index is 1.40. The summed E-state index contributed by atoms with van der Waals surface area (Å²) in [6.07, 6.45) is 6.00. The van der Waals surface area contributed by atoms with Crippen molar-refractivity contribution in [1.29, 1.82) is 0 Å². The fourth-order valence-electron chi connectivity index (χ4n) is 4.32. The molecule has 1 atom stereocenters. The number of hydrogen-bond donors (Lipinski definition) is 0. The van der Waals surface area contributed by atoms with Crippen molar-refractivity contribution in [2.45, 2.75) is 45.7 Å². The van der Waals surface area contributed by atoms with E-state index in [9.17, 15) is 0 Å². The van der Waals surface area contributed by atoms with E-state index < -0.39 is 0 Å². The lowest BCUT2D eigenvalue weighted by molar-refractivity contribution is 0.269. The van der Waals surface area contributed by atoms with E-state index in [0.29, 0.717) is 5.92 Å². The molecular weight excluding hydrogens is 324 g/mol. The summed E-state index contributed by atoms with van der Waals surface area (Å²) in [5.41, 5.74) is 1.28. The molecular formula is C20H30N6. The number of pyridine rings is 1. The van der Waals surface area contributed by atoms with E-state index >= 15 is 0 Å². The Bertz CT molecular complexity index is 710. The zero-order valence-electron chi connectivity index (χ0n) is 16.0. The first-order valence-electron chi connectivity index (χ1n) is 9.94. The SMILES string of the molecule is CC(C)CN1CCC(c2nnc3n2CCN(Cc2cccnc2)CC3)C1. The van der Waals surface area contributed by atoms with Gasteiger partial charge in [0.15, 0.2) is 0 Å². The normalized spacial score (nSPS) is 21.9. The molecule has 0 aliphatic carbocycles. The number of rotatable bonds is 5. The molecule has 4 heterocycles. The third-order valence-electron chi connectivity index (χ3n) is 5.54. The summed E-state index contributed by atoms with van der Waals surface area (Å²) in [7, 11) is 0. The largest absolute Gasteiger partial charge is 0.313 e. The predicted octanol–water partition coefficient (Wildman–Crippen LogP) is 2.18. The van der Waals surface area contributed by atoms with Gasteiger partial charge in [-0.25, -0.2) is 0 Å². The minimum atomic E-state index is 0.542. The average molecular weight is 355 g/mol. The van der Waals surface area contributed by atoms with Gasteiger partial charge in [-0.3, -0.25) is 9.88 Å². The van der Waals surface area contributed by atoms with Crippen LogP contribution in [0.25, 0.3) is 0 Å². The molecule has 26 heavy (non-hydrogen) atoms. The van der Waals surface area contributed by atoms with Gasteiger partial charge in [0.1, 0.15) is 11.6 Å². The van der Waals surface area contributed by atoms with E-state index in [1.54, 1.807) is 0 Å². The van der Waals surface area contributed by atoms with E-state index in [1.807, 2.05) is 18.5 Å². The Labute approximate surface area is 156 Å². The number of aromatic nitrogens is 4. The summed E-state index contributed by atoms with van der Waals surface area (Å²) in [6.45, 7) is 12.2. The van der Waals surface area contributed by atoms with Crippen molar-refractivity contribution in [2.24, 2.45) is 5.92 Å². The first-order valence-corrected chi connectivity index (χ1v) is 9.94. The molecule has 0 N–H and O–H groups in total. The van der Waals surface area contributed by atoms with Crippen molar-refractivity contribution in [3.8, 4) is 0 Å². The van der Waals surface area contributed by atoms with Crippen molar-refractivity contribution in [1.82, 2.24) is 29.5 Å². The maximum absolute atomic E-state index is 4.60. The smallest absolute Gasteiger partial charge is 0.137 e. The van der Waals surface area contributed by atoms with Gasteiger partial charge in [0.05, 0.1) is 0 Å². The highest BCUT2D eigenvalue weighted by Crippen LogP contribution is 2.27. The van der Waals surface area contributed by atoms with Crippen molar-refractivity contribution in [3.05, 3.63) is 41.7 Å². The van der Waals surface area contributed by atoms with Crippen LogP contribution in [0.2, 0.25) is 0 Å². The lowest BCUT2D eigenvalue weighted by Crippen LogP contribution is -2.27. The van der Waals surface area contributed by atoms with Gasteiger partial charge >= 0.3 is 0 Å². The minimum absolute atomic E-state index is 0.542. The standard InChI is InChI=1S/C20H30N6/c1-16(2)13-25-8-5-18(15-25)20-23-22-19-6-9-24(10-11-26(19)20)14-17-4-3-7-21-12-17/h3-4,7,12,16,18H,5-6,8-11,13-15H2,1-2H3. The van der Waals surface area contributed by atoms with E-state index in [2.05, 4.69) is 49.5 Å². The van der Waals surface area contributed by atoms with Gasteiger partial charge in [0.25, 0.3) is 0 Å². The molecule has 6 heteroatoms. The highest BCUT2D eigenvalue weighted by Gasteiger charge is 2.30. The molecule has 0 radical (unpaired) electrons. The molecule has 0 amide bonds. The fraction of sp³-hybridized carbons (Fsp3) is 0.650.